The van der Waals surface area contributed by atoms with Gasteiger partial charge in [-0.2, -0.15) is 0 Å². The molecule has 0 aromatic heterocycles. The summed E-state index contributed by atoms with van der Waals surface area (Å²) in [6.45, 7) is 2.37. The lowest BCUT2D eigenvalue weighted by Gasteiger charge is -2.24. The van der Waals surface area contributed by atoms with Gasteiger partial charge in [0.25, 0.3) is 10.0 Å². The Labute approximate surface area is 177 Å². The Morgan fingerprint density at radius 1 is 0.900 bits per heavy atom. The number of amides is 1. The van der Waals surface area contributed by atoms with Crippen LogP contribution in [-0.2, 0) is 21.4 Å². The number of ether oxygens (including phenoxy) is 1. The van der Waals surface area contributed by atoms with Crippen LogP contribution in [0.3, 0.4) is 0 Å². The highest BCUT2D eigenvalue weighted by molar-refractivity contribution is 7.92. The normalized spacial score (nSPS) is 11.0. The summed E-state index contributed by atoms with van der Waals surface area (Å²) >= 11 is 0. The van der Waals surface area contributed by atoms with E-state index in [1.165, 1.54) is 12.1 Å². The van der Waals surface area contributed by atoms with Crippen molar-refractivity contribution in [3.8, 4) is 5.75 Å². The number of carbonyl (C=O) groups is 1. The van der Waals surface area contributed by atoms with Crippen LogP contribution in [0, 0.1) is 0 Å². The van der Waals surface area contributed by atoms with Gasteiger partial charge in [-0.25, -0.2) is 8.42 Å². The van der Waals surface area contributed by atoms with Crippen molar-refractivity contribution < 1.29 is 17.9 Å². The molecule has 3 aromatic rings. The van der Waals surface area contributed by atoms with Crippen molar-refractivity contribution in [2.45, 2.75) is 18.4 Å². The molecule has 6 nitrogen and oxygen atoms in total. The molecule has 0 bridgehead atoms. The number of rotatable bonds is 9. The highest BCUT2D eigenvalue weighted by atomic mass is 32.2. The van der Waals surface area contributed by atoms with E-state index < -0.39 is 15.9 Å². The van der Waals surface area contributed by atoms with E-state index in [4.69, 9.17) is 4.74 Å². The lowest BCUT2D eigenvalue weighted by Crippen LogP contribution is -2.40. The van der Waals surface area contributed by atoms with Gasteiger partial charge in [0, 0.05) is 6.54 Å². The summed E-state index contributed by atoms with van der Waals surface area (Å²) in [4.78, 5) is 12.7. The maximum absolute atomic E-state index is 13.3. The number of sulfonamides is 1. The second-order valence-electron chi connectivity index (χ2n) is 6.51. The standard InChI is InChI=1S/C23H24N2O4S/c1-2-29-21-15-13-20(14-16-21)25(30(27,28)22-11-7-4-8-12-22)18-23(26)24-17-19-9-5-3-6-10-19/h3-16H,2,17-18H2,1H3,(H,24,26). The number of hydrogen-bond donors (Lipinski definition) is 1. The molecule has 30 heavy (non-hydrogen) atoms. The monoisotopic (exact) mass is 424 g/mol. The first-order chi connectivity index (χ1) is 14.5. The fourth-order valence-corrected chi connectivity index (χ4v) is 4.33. The molecule has 1 N–H and O–H groups in total. The lowest BCUT2D eigenvalue weighted by molar-refractivity contribution is -0.119. The van der Waals surface area contributed by atoms with Gasteiger partial charge in [-0.05, 0) is 48.9 Å². The first-order valence-corrected chi connectivity index (χ1v) is 11.1. The van der Waals surface area contributed by atoms with Crippen molar-refractivity contribution in [3.63, 3.8) is 0 Å². The highest BCUT2D eigenvalue weighted by Crippen LogP contribution is 2.25. The summed E-state index contributed by atoms with van der Waals surface area (Å²) in [5.74, 6) is 0.235. The SMILES string of the molecule is CCOc1ccc(N(CC(=O)NCc2ccccc2)S(=O)(=O)c2ccccc2)cc1. The summed E-state index contributed by atoms with van der Waals surface area (Å²) in [7, 11) is -3.93. The molecule has 1 amide bonds. The van der Waals surface area contributed by atoms with E-state index >= 15 is 0 Å². The molecule has 0 aliphatic carbocycles. The van der Waals surface area contributed by atoms with Gasteiger partial charge in [-0.3, -0.25) is 9.10 Å². The van der Waals surface area contributed by atoms with Crippen LogP contribution >= 0.6 is 0 Å². The van der Waals surface area contributed by atoms with Crippen LogP contribution in [-0.4, -0.2) is 27.5 Å². The first-order valence-electron chi connectivity index (χ1n) is 9.62. The Kier molecular flexibility index (Phi) is 7.08. The highest BCUT2D eigenvalue weighted by Gasteiger charge is 2.27. The third-order valence-corrected chi connectivity index (χ3v) is 6.17. The molecule has 0 radical (unpaired) electrons. The van der Waals surface area contributed by atoms with Crippen LogP contribution in [0.5, 0.6) is 5.75 Å². The molecule has 7 heteroatoms. The lowest BCUT2D eigenvalue weighted by atomic mass is 10.2. The van der Waals surface area contributed by atoms with Gasteiger partial charge >= 0.3 is 0 Å². The van der Waals surface area contributed by atoms with Gasteiger partial charge in [0.15, 0.2) is 0 Å². The average molecular weight is 425 g/mol. The fourth-order valence-electron chi connectivity index (χ4n) is 2.89. The van der Waals surface area contributed by atoms with E-state index in [1.807, 2.05) is 37.3 Å². The van der Waals surface area contributed by atoms with Crippen molar-refractivity contribution in [2.75, 3.05) is 17.5 Å². The first kappa shape index (κ1) is 21.4. The van der Waals surface area contributed by atoms with Crippen LogP contribution in [0.2, 0.25) is 0 Å². The van der Waals surface area contributed by atoms with E-state index in [1.54, 1.807) is 42.5 Å². The Morgan fingerprint density at radius 2 is 1.50 bits per heavy atom. The zero-order valence-corrected chi connectivity index (χ0v) is 17.5. The second-order valence-corrected chi connectivity index (χ2v) is 8.38. The molecule has 156 valence electrons. The maximum atomic E-state index is 13.3. The predicted octanol–water partition coefficient (Wildman–Crippen LogP) is 3.60. The molecule has 0 fully saturated rings. The summed E-state index contributed by atoms with van der Waals surface area (Å²) in [5, 5.41) is 2.78. The molecular weight excluding hydrogens is 400 g/mol. The number of benzene rings is 3. The van der Waals surface area contributed by atoms with Crippen LogP contribution in [0.4, 0.5) is 5.69 Å². The van der Waals surface area contributed by atoms with E-state index in [9.17, 15) is 13.2 Å². The van der Waals surface area contributed by atoms with Crippen molar-refractivity contribution >= 4 is 21.6 Å². The van der Waals surface area contributed by atoms with Crippen LogP contribution < -0.4 is 14.4 Å². The maximum Gasteiger partial charge on any atom is 0.264 e. The molecule has 0 aliphatic heterocycles. The van der Waals surface area contributed by atoms with Crippen LogP contribution in [0.15, 0.2) is 89.8 Å². The molecule has 0 saturated carbocycles. The van der Waals surface area contributed by atoms with Gasteiger partial charge in [0.1, 0.15) is 12.3 Å². The van der Waals surface area contributed by atoms with Crippen molar-refractivity contribution in [3.05, 3.63) is 90.5 Å². The van der Waals surface area contributed by atoms with Gasteiger partial charge in [0.05, 0.1) is 17.2 Å². The smallest absolute Gasteiger partial charge is 0.264 e. The minimum absolute atomic E-state index is 0.120. The third-order valence-electron chi connectivity index (χ3n) is 4.39. The molecule has 0 atom stereocenters. The topological polar surface area (TPSA) is 75.7 Å². The van der Waals surface area contributed by atoms with E-state index in [2.05, 4.69) is 5.32 Å². The molecule has 0 aliphatic rings. The van der Waals surface area contributed by atoms with Gasteiger partial charge in [-0.15, -0.1) is 0 Å². The number of carbonyl (C=O) groups excluding carboxylic acids is 1. The van der Waals surface area contributed by atoms with Crippen LogP contribution in [0.25, 0.3) is 0 Å². The van der Waals surface area contributed by atoms with Gasteiger partial charge < -0.3 is 10.1 Å². The quantitative estimate of drug-likeness (QED) is 0.570. The van der Waals surface area contributed by atoms with Gasteiger partial charge in [0.2, 0.25) is 5.91 Å². The minimum atomic E-state index is -3.93. The number of hydrogen-bond acceptors (Lipinski definition) is 4. The number of anilines is 1. The van der Waals surface area contributed by atoms with E-state index in [0.29, 0.717) is 24.6 Å². The van der Waals surface area contributed by atoms with E-state index in [-0.39, 0.29) is 11.4 Å². The minimum Gasteiger partial charge on any atom is -0.494 e. The Morgan fingerprint density at radius 3 is 2.10 bits per heavy atom. The predicted molar refractivity (Wildman–Crippen MR) is 117 cm³/mol. The molecule has 0 unspecified atom stereocenters. The van der Waals surface area contributed by atoms with Crippen molar-refractivity contribution in [1.82, 2.24) is 5.32 Å². The molecule has 0 heterocycles. The van der Waals surface area contributed by atoms with Crippen molar-refractivity contribution in [1.29, 1.82) is 0 Å². The summed E-state index contributed by atoms with van der Waals surface area (Å²) in [5.41, 5.74) is 1.32. The molecule has 3 aromatic carbocycles. The average Bonchev–Trinajstić information content (AvgIpc) is 2.78. The number of nitrogens with zero attached hydrogens (tertiary/aromatic N) is 1. The summed E-state index contributed by atoms with van der Waals surface area (Å²) in [6.07, 6.45) is 0. The third kappa shape index (κ3) is 5.39. The zero-order chi connectivity index (χ0) is 21.4. The largest absolute Gasteiger partial charge is 0.494 e. The van der Waals surface area contributed by atoms with Crippen LogP contribution in [0.1, 0.15) is 12.5 Å². The Balaban J connectivity index is 1.84. The zero-order valence-electron chi connectivity index (χ0n) is 16.7. The second kappa shape index (κ2) is 9.93. The Bertz CT molecular complexity index is 1050. The molecule has 3 rings (SSSR count). The molecule has 0 spiro atoms. The van der Waals surface area contributed by atoms with E-state index in [0.717, 1.165) is 9.87 Å². The summed E-state index contributed by atoms with van der Waals surface area (Å²) < 4.78 is 33.1. The molecule has 0 saturated heterocycles. The van der Waals surface area contributed by atoms with Gasteiger partial charge in [-0.1, -0.05) is 48.5 Å². The summed E-state index contributed by atoms with van der Waals surface area (Å²) in [6, 6.07) is 24.2. The number of nitrogens with one attached hydrogen (secondary N) is 1. The van der Waals surface area contributed by atoms with Crippen molar-refractivity contribution in [2.24, 2.45) is 0 Å². The Hall–Kier alpha value is -3.32. The fraction of sp³-hybridized carbons (Fsp3) is 0.174. The molecular formula is C23H24N2O4S.